The largest absolute Gasteiger partial charge is 0.394 e. The molecule has 1 fully saturated rings. The molecular formula is C11H12ClIN4O3. The molecule has 0 amide bonds. The molecule has 2 aromatic heterocycles. The number of nitrogen functional groups attached to an aromatic ring is 1. The van der Waals surface area contributed by atoms with E-state index in [-0.39, 0.29) is 17.7 Å². The van der Waals surface area contributed by atoms with Gasteiger partial charge in [0.1, 0.15) is 23.1 Å². The summed E-state index contributed by atoms with van der Waals surface area (Å²) in [6.07, 6.45) is 0.465. The van der Waals surface area contributed by atoms with E-state index < -0.39 is 18.4 Å². The predicted molar refractivity (Wildman–Crippen MR) is 81.3 cm³/mol. The molecule has 1 saturated heterocycles. The van der Waals surface area contributed by atoms with E-state index in [9.17, 15) is 5.11 Å². The third kappa shape index (κ3) is 2.25. The summed E-state index contributed by atoms with van der Waals surface area (Å²) in [6, 6.07) is 0. The Labute approximate surface area is 132 Å². The number of rotatable bonds is 2. The van der Waals surface area contributed by atoms with Gasteiger partial charge in [0.15, 0.2) is 0 Å². The highest BCUT2D eigenvalue weighted by atomic mass is 127. The van der Waals surface area contributed by atoms with E-state index in [0.717, 1.165) is 3.57 Å². The van der Waals surface area contributed by atoms with Gasteiger partial charge < -0.3 is 25.3 Å². The summed E-state index contributed by atoms with van der Waals surface area (Å²) in [4.78, 5) is 8.13. The standard InChI is InChI=1S/C11H12ClIN4O3/c12-9-8-4(13)2-17(10(8)16-11(14)15-9)7-1-5(19)6(3-18)20-7/h2,5-7,18-19H,1,3H2,(H2,14,15,16)/t5-,6+,7+/m0/s1. The summed E-state index contributed by atoms with van der Waals surface area (Å²) >= 11 is 8.22. The minimum atomic E-state index is -0.713. The van der Waals surface area contributed by atoms with Crippen LogP contribution in [0.1, 0.15) is 12.6 Å². The lowest BCUT2D eigenvalue weighted by atomic mass is 10.2. The molecule has 0 saturated carbocycles. The SMILES string of the molecule is Nc1nc(Cl)c2c(I)cn([C@H]3C[C@H](O)[C@@H](CO)O3)c2n1. The molecule has 0 aliphatic carbocycles. The molecular weight excluding hydrogens is 399 g/mol. The number of fused-ring (bicyclic) bond motifs is 1. The second-order valence-corrected chi connectivity index (χ2v) is 6.09. The Morgan fingerprint density at radius 1 is 1.55 bits per heavy atom. The lowest BCUT2D eigenvalue weighted by Crippen LogP contribution is -2.24. The Morgan fingerprint density at radius 2 is 2.30 bits per heavy atom. The second-order valence-electron chi connectivity index (χ2n) is 4.57. The summed E-state index contributed by atoms with van der Waals surface area (Å²) in [5, 5.41) is 20.0. The van der Waals surface area contributed by atoms with Crippen molar-refractivity contribution in [3.8, 4) is 0 Å². The minimum absolute atomic E-state index is 0.0792. The summed E-state index contributed by atoms with van der Waals surface area (Å²) in [5.41, 5.74) is 6.19. The highest BCUT2D eigenvalue weighted by molar-refractivity contribution is 14.1. The normalized spacial score (nSPS) is 26.5. The predicted octanol–water partition coefficient (Wildman–Crippen LogP) is 0.912. The first-order chi connectivity index (χ1) is 9.51. The molecule has 7 nitrogen and oxygen atoms in total. The van der Waals surface area contributed by atoms with E-state index in [1.54, 1.807) is 4.57 Å². The van der Waals surface area contributed by atoms with Crippen LogP contribution in [0.5, 0.6) is 0 Å². The van der Waals surface area contributed by atoms with Crippen LogP contribution in [-0.2, 0) is 4.74 Å². The van der Waals surface area contributed by atoms with Gasteiger partial charge in [-0.1, -0.05) is 11.6 Å². The molecule has 0 bridgehead atoms. The topological polar surface area (TPSA) is 106 Å². The quantitative estimate of drug-likeness (QED) is 0.502. The van der Waals surface area contributed by atoms with Crippen LogP contribution >= 0.6 is 34.2 Å². The Morgan fingerprint density at radius 3 is 2.95 bits per heavy atom. The van der Waals surface area contributed by atoms with Gasteiger partial charge in [-0.15, -0.1) is 0 Å². The molecule has 0 radical (unpaired) electrons. The number of ether oxygens (including phenoxy) is 1. The molecule has 1 aliphatic rings. The fraction of sp³-hybridized carbons (Fsp3) is 0.455. The van der Waals surface area contributed by atoms with Crippen molar-refractivity contribution < 1.29 is 14.9 Å². The molecule has 9 heteroatoms. The van der Waals surface area contributed by atoms with Crippen LogP contribution in [0.3, 0.4) is 0 Å². The van der Waals surface area contributed by atoms with Gasteiger partial charge >= 0.3 is 0 Å². The first kappa shape index (κ1) is 14.3. The summed E-state index contributed by atoms with van der Waals surface area (Å²) < 4.78 is 8.26. The third-order valence-corrected chi connectivity index (χ3v) is 4.38. The Bertz CT molecular complexity index is 665. The Kier molecular flexibility index (Phi) is 3.75. The van der Waals surface area contributed by atoms with Crippen molar-refractivity contribution in [3.05, 3.63) is 14.9 Å². The molecule has 4 N–H and O–H groups in total. The van der Waals surface area contributed by atoms with E-state index in [4.69, 9.17) is 27.2 Å². The first-order valence-corrected chi connectivity index (χ1v) is 7.40. The van der Waals surface area contributed by atoms with Crippen molar-refractivity contribution in [1.82, 2.24) is 14.5 Å². The zero-order chi connectivity index (χ0) is 14.4. The molecule has 2 aromatic rings. The van der Waals surface area contributed by atoms with Crippen molar-refractivity contribution in [1.29, 1.82) is 0 Å². The maximum absolute atomic E-state index is 9.83. The van der Waals surface area contributed by atoms with Crippen molar-refractivity contribution >= 4 is 51.2 Å². The smallest absolute Gasteiger partial charge is 0.223 e. The number of aliphatic hydroxyl groups excluding tert-OH is 2. The van der Waals surface area contributed by atoms with Gasteiger partial charge in [0.05, 0.1) is 18.1 Å². The van der Waals surface area contributed by atoms with E-state index in [0.29, 0.717) is 17.5 Å². The lowest BCUT2D eigenvalue weighted by Gasteiger charge is -2.14. The fourth-order valence-electron chi connectivity index (χ4n) is 2.35. The zero-order valence-corrected chi connectivity index (χ0v) is 13.1. The molecule has 1 aliphatic heterocycles. The molecule has 3 heterocycles. The van der Waals surface area contributed by atoms with Crippen molar-refractivity contribution in [2.24, 2.45) is 0 Å². The van der Waals surface area contributed by atoms with Gasteiger partial charge in [-0.3, -0.25) is 0 Å². The summed E-state index contributed by atoms with van der Waals surface area (Å²) in [7, 11) is 0. The van der Waals surface area contributed by atoms with Crippen molar-refractivity contribution in [2.45, 2.75) is 24.9 Å². The third-order valence-electron chi connectivity index (χ3n) is 3.29. The van der Waals surface area contributed by atoms with Crippen LogP contribution in [-0.4, -0.2) is 43.6 Å². The van der Waals surface area contributed by atoms with Gasteiger partial charge in [0.2, 0.25) is 5.95 Å². The number of hydrogen-bond acceptors (Lipinski definition) is 6. The van der Waals surface area contributed by atoms with Crippen molar-refractivity contribution in [2.75, 3.05) is 12.3 Å². The van der Waals surface area contributed by atoms with Gasteiger partial charge in [0, 0.05) is 16.2 Å². The number of halogens is 2. The van der Waals surface area contributed by atoms with Crippen LogP contribution < -0.4 is 5.73 Å². The fourth-order valence-corrected chi connectivity index (χ4v) is 3.58. The molecule has 20 heavy (non-hydrogen) atoms. The van der Waals surface area contributed by atoms with Crippen LogP contribution in [0.4, 0.5) is 5.95 Å². The summed E-state index contributed by atoms with van der Waals surface area (Å²) in [6.45, 7) is -0.230. The van der Waals surface area contributed by atoms with Gasteiger partial charge in [-0.25, -0.2) is 4.98 Å². The van der Waals surface area contributed by atoms with E-state index in [1.165, 1.54) is 0 Å². The molecule has 3 rings (SSSR count). The monoisotopic (exact) mass is 410 g/mol. The second kappa shape index (κ2) is 5.26. The van der Waals surface area contributed by atoms with Crippen LogP contribution in [0.2, 0.25) is 5.15 Å². The molecule has 3 atom stereocenters. The van der Waals surface area contributed by atoms with Gasteiger partial charge in [0.25, 0.3) is 0 Å². The molecule has 0 spiro atoms. The maximum atomic E-state index is 9.83. The molecule has 0 aromatic carbocycles. The average Bonchev–Trinajstić information content (AvgIpc) is 2.90. The lowest BCUT2D eigenvalue weighted by molar-refractivity contribution is -0.0430. The van der Waals surface area contributed by atoms with Gasteiger partial charge in [-0.2, -0.15) is 4.98 Å². The number of hydrogen-bond donors (Lipinski definition) is 3. The van der Waals surface area contributed by atoms with Crippen LogP contribution in [0, 0.1) is 3.57 Å². The van der Waals surface area contributed by atoms with Gasteiger partial charge in [-0.05, 0) is 22.6 Å². The summed E-state index contributed by atoms with van der Waals surface area (Å²) in [5.74, 6) is 0.0792. The number of aromatic nitrogens is 3. The number of nitrogens with two attached hydrogens (primary N) is 1. The van der Waals surface area contributed by atoms with Crippen molar-refractivity contribution in [3.63, 3.8) is 0 Å². The average molecular weight is 411 g/mol. The minimum Gasteiger partial charge on any atom is -0.394 e. The van der Waals surface area contributed by atoms with E-state index >= 15 is 0 Å². The Balaban J connectivity index is 2.09. The molecule has 108 valence electrons. The Hall–Kier alpha value is -0.680. The number of nitrogens with zero attached hydrogens (tertiary/aromatic N) is 3. The van der Waals surface area contributed by atoms with Crippen LogP contribution in [0.25, 0.3) is 11.0 Å². The highest BCUT2D eigenvalue weighted by Gasteiger charge is 2.35. The van der Waals surface area contributed by atoms with E-state index in [2.05, 4.69) is 32.6 Å². The number of anilines is 1. The first-order valence-electron chi connectivity index (χ1n) is 5.94. The molecule has 0 unspecified atom stereocenters. The highest BCUT2D eigenvalue weighted by Crippen LogP contribution is 2.35. The van der Waals surface area contributed by atoms with Crippen LogP contribution in [0.15, 0.2) is 6.20 Å². The zero-order valence-electron chi connectivity index (χ0n) is 10.2. The van der Waals surface area contributed by atoms with E-state index in [1.807, 2.05) is 6.20 Å². The number of aliphatic hydroxyl groups is 2. The maximum Gasteiger partial charge on any atom is 0.223 e.